The van der Waals surface area contributed by atoms with Crippen molar-refractivity contribution in [3.05, 3.63) is 349 Å². The molecule has 0 fully saturated rings. The first-order valence-electron chi connectivity index (χ1n) is 48.3. The van der Waals surface area contributed by atoms with Crippen LogP contribution in [0, 0.1) is 63.8 Å². The fraction of sp³-hybridized carbons (Fsp3) is 0.171. The van der Waals surface area contributed by atoms with Gasteiger partial charge in [0.1, 0.15) is 5.76 Å². The summed E-state index contributed by atoms with van der Waals surface area (Å²) in [6.07, 6.45) is 18.3. The van der Waals surface area contributed by atoms with Crippen LogP contribution >= 0.6 is 45.3 Å². The summed E-state index contributed by atoms with van der Waals surface area (Å²) < 4.78 is 9.56. The standard InChI is InChI=1S/C26H15N2S.C25H14N3S.C22H13N2S.C21H12N3S.C14H26O2.3C5H8O2.4Ir/c1-15-9-10-18-19-7-4-8-20-21-14-23(29-26(21)28(25(19)20)22(18)13-15)24-17-6-3-2-5-16(17)11-12-27-24;1-14-6-7-18-20(12-14)28-24-17(9-11-27-23(18)24)19-13-21(29-25(19)28)22-16-5-3-2-4-15(16)8-10-26-22;1-13-8-9-14-15-5-4-6-16-17-12-20(18-7-2-3-10-23-18)25-22(17)24(21(15)16)19(14)11-13;1-12-5-6-14-17(10-12)24-20-13(7-9-23-19(14)20)15-11-18(25-21(15)24)16-4-2-3-8-22-16;1-6-11(7-2)13(15)10(5)14(16)12(8-3)9-4;3*1-4(6)3-5(2)7;;;;/h2-13H,1H3;2-12H,1H3;2-11H,1H3;2-10H,1H3;11-12,15H,6-9H2,1-5H3;3*3,6H,1-2H3;;;;/q4*-1;;;;;;;;. The van der Waals surface area contributed by atoms with Gasteiger partial charge in [-0.05, 0) is 224 Å². The molecule has 0 aliphatic carbocycles. The van der Waals surface area contributed by atoms with Gasteiger partial charge in [0.05, 0.1) is 28.3 Å². The predicted molar refractivity (Wildman–Crippen MR) is 603 cm³/mol. The third-order valence-corrected chi connectivity index (χ3v) is 30.6. The van der Waals surface area contributed by atoms with E-state index in [2.05, 4.69) is 273 Å². The number of benzene rings is 8. The second-order valence-electron chi connectivity index (χ2n) is 36.7. The van der Waals surface area contributed by atoms with E-state index in [9.17, 15) is 24.3 Å². The maximum Gasteiger partial charge on any atom is 0.164 e. The molecule has 149 heavy (non-hydrogen) atoms. The molecule has 4 N–H and O–H groups in total. The number of hydrogen-bond acceptors (Lipinski definition) is 18. The van der Waals surface area contributed by atoms with Gasteiger partial charge in [0, 0.05) is 261 Å². The minimum Gasteiger partial charge on any atom is -0.512 e. The number of pyridine rings is 6. The summed E-state index contributed by atoms with van der Waals surface area (Å²) in [5, 5.41) is 57.3. The average molecular weight is 2750 g/mol. The van der Waals surface area contributed by atoms with Crippen molar-refractivity contribution in [2.24, 2.45) is 11.8 Å². The minimum atomic E-state index is -0.125. The number of hydrogen-bond donors (Lipinski definition) is 4. The Morgan fingerprint density at radius 1 is 0.309 bits per heavy atom. The summed E-state index contributed by atoms with van der Waals surface area (Å²) in [7, 11) is 0. The fourth-order valence-electron chi connectivity index (χ4n) is 19.8. The van der Waals surface area contributed by atoms with Gasteiger partial charge in [-0.15, -0.1) is 45.8 Å². The molecular formula is C123H104Ir4N10O8S4-4. The van der Waals surface area contributed by atoms with Crippen LogP contribution < -0.4 is 0 Å². The van der Waals surface area contributed by atoms with Gasteiger partial charge < -0.3 is 58.0 Å². The number of Topliss-reactive ketones (excluding diaryl/α,β-unsaturated/α-hetero) is 1. The van der Waals surface area contributed by atoms with E-state index >= 15 is 0 Å². The monoisotopic (exact) mass is 2750 g/mol. The fourth-order valence-corrected chi connectivity index (χ4v) is 24.3. The molecule has 0 saturated carbocycles. The Bertz CT molecular complexity index is 9030. The van der Waals surface area contributed by atoms with Crippen molar-refractivity contribution in [3.63, 3.8) is 0 Å². The number of aryl methyl sites for hydroxylation is 4. The molecule has 4 radical (unpaired) electrons. The van der Waals surface area contributed by atoms with E-state index in [1.807, 2.05) is 95.2 Å². The first-order chi connectivity index (χ1) is 70.1. The predicted octanol–water partition coefficient (Wildman–Crippen LogP) is 32.7. The first-order valence-corrected chi connectivity index (χ1v) is 51.6. The summed E-state index contributed by atoms with van der Waals surface area (Å²) in [6.45, 7) is 27.0. The van der Waals surface area contributed by atoms with E-state index in [1.54, 1.807) is 52.3 Å². The van der Waals surface area contributed by atoms with E-state index < -0.39 is 0 Å². The zero-order valence-corrected chi connectivity index (χ0v) is 97.2. The van der Waals surface area contributed by atoms with Crippen molar-refractivity contribution in [1.82, 2.24) is 47.5 Å². The van der Waals surface area contributed by atoms with Crippen molar-refractivity contribution in [2.75, 3.05) is 0 Å². The number of allylic oxidation sites excluding steroid dienone is 8. The average Bonchev–Trinajstić information content (AvgIpc) is 1.55. The molecule has 758 valence electrons. The molecule has 0 amide bonds. The topological polar surface area (TPSA) is 244 Å². The molecule has 0 atom stereocenters. The number of nitrogens with zero attached hydrogens (tertiary/aromatic N) is 10. The summed E-state index contributed by atoms with van der Waals surface area (Å²) in [5.41, 5.74) is 21.8. The van der Waals surface area contributed by atoms with Crippen molar-refractivity contribution in [3.8, 4) is 42.3 Å². The molecule has 0 bridgehead atoms. The molecule has 18 aromatic heterocycles. The normalized spacial score (nSPS) is 11.9. The van der Waals surface area contributed by atoms with Crippen LogP contribution in [-0.4, -0.2) is 91.1 Å². The Morgan fingerprint density at radius 3 is 0.946 bits per heavy atom. The summed E-state index contributed by atoms with van der Waals surface area (Å²) in [5.74, 6) is 0.443. The van der Waals surface area contributed by atoms with Gasteiger partial charge in [0.15, 0.2) is 23.1 Å². The maximum atomic E-state index is 12.1. The molecule has 0 saturated heterocycles. The number of rotatable bonds is 14. The van der Waals surface area contributed by atoms with Crippen LogP contribution in [0.3, 0.4) is 0 Å². The molecule has 26 aromatic rings. The van der Waals surface area contributed by atoms with Gasteiger partial charge >= 0.3 is 0 Å². The van der Waals surface area contributed by atoms with Crippen LogP contribution in [0.5, 0.6) is 0 Å². The van der Waals surface area contributed by atoms with Crippen LogP contribution in [-0.2, 0) is 99.6 Å². The summed E-state index contributed by atoms with van der Waals surface area (Å²) in [6, 6.07) is 91.7. The maximum absolute atomic E-state index is 12.1. The minimum absolute atomic E-state index is 0. The number of fused-ring (bicyclic) bond motifs is 26. The number of para-hydroxylation sites is 2. The zero-order chi connectivity index (χ0) is 102. The van der Waals surface area contributed by atoms with Crippen LogP contribution in [0.2, 0.25) is 0 Å². The molecular weight excluding hydrogens is 2640 g/mol. The Kier molecular flexibility index (Phi) is 34.5. The van der Waals surface area contributed by atoms with Crippen molar-refractivity contribution >= 4 is 240 Å². The summed E-state index contributed by atoms with van der Waals surface area (Å²) in [4.78, 5) is 79.2. The zero-order valence-electron chi connectivity index (χ0n) is 84.3. The molecule has 0 aliphatic heterocycles. The molecule has 18 heterocycles. The van der Waals surface area contributed by atoms with Gasteiger partial charge in [-0.3, -0.25) is 29.1 Å². The SMILES string of the molecule is CC(=O)C=C(C)O.CC(=O)C=C(C)O.CC(=O)C=C(C)O.CCC(CC)C(=O)C(C)=C(O)C(CC)CC.Cc1ccc2c3cccc4c5[c-]c(-c6ccccn6)sc5n(c2c1)c43.Cc1ccc2c3cccc4c5[c-]c(-c6nccc7ccccc67)sc5n(c2c1)c43.Cc1ccc2c3nccc4c5[c-]c(-c6ccccn6)sc5n(c2c1)c43.Cc1ccc2c3nccc4c5[c-]c(-c6nccc7ccccc67)sc5n(c2c1)c43.[Ir].[Ir].[Ir].[Ir]. The van der Waals surface area contributed by atoms with E-state index in [4.69, 9.17) is 30.3 Å². The number of aliphatic hydroxyl groups is 4. The van der Waals surface area contributed by atoms with Crippen molar-refractivity contribution in [1.29, 1.82) is 0 Å². The molecule has 18 nitrogen and oxygen atoms in total. The second kappa shape index (κ2) is 46.8. The van der Waals surface area contributed by atoms with Gasteiger partial charge in [0.2, 0.25) is 0 Å². The Labute approximate surface area is 931 Å². The van der Waals surface area contributed by atoms with Gasteiger partial charge in [-0.25, -0.2) is 0 Å². The van der Waals surface area contributed by atoms with Crippen LogP contribution in [0.1, 0.15) is 124 Å². The number of aliphatic hydroxyl groups excluding tert-OH is 4. The van der Waals surface area contributed by atoms with E-state index in [0.29, 0.717) is 11.3 Å². The molecule has 8 aromatic carbocycles. The number of thiophene rings is 4. The number of ketones is 4. The molecule has 0 aliphatic rings. The van der Waals surface area contributed by atoms with Crippen molar-refractivity contribution in [2.45, 2.75) is 130 Å². The third-order valence-electron chi connectivity index (χ3n) is 26.3. The Hall–Kier alpha value is -13.4. The van der Waals surface area contributed by atoms with Gasteiger partial charge in [-0.1, -0.05) is 219 Å². The van der Waals surface area contributed by atoms with Crippen LogP contribution in [0.15, 0.2) is 302 Å². The second-order valence-corrected chi connectivity index (χ2v) is 40.7. The van der Waals surface area contributed by atoms with Crippen molar-refractivity contribution < 1.29 is 120 Å². The van der Waals surface area contributed by atoms with E-state index in [-0.39, 0.29) is 133 Å². The quantitative estimate of drug-likeness (QED) is 0.0450. The Balaban J connectivity index is 0.000000133. The molecule has 0 spiro atoms. The molecule has 26 rings (SSSR count). The van der Waals surface area contributed by atoms with Crippen LogP contribution in [0.25, 0.3) is 214 Å². The first kappa shape index (κ1) is 110. The van der Waals surface area contributed by atoms with Crippen LogP contribution in [0.4, 0.5) is 0 Å². The number of aromatic nitrogens is 10. The van der Waals surface area contributed by atoms with Gasteiger partial charge in [0.25, 0.3) is 0 Å². The molecule has 0 unspecified atom stereocenters. The van der Waals surface area contributed by atoms with E-state index in [1.165, 1.54) is 232 Å². The number of carbonyl (C=O) groups excluding carboxylic acids is 4. The smallest absolute Gasteiger partial charge is 0.164 e. The largest absolute Gasteiger partial charge is 0.512 e. The Morgan fingerprint density at radius 2 is 0.611 bits per heavy atom. The summed E-state index contributed by atoms with van der Waals surface area (Å²) >= 11 is 7.07. The van der Waals surface area contributed by atoms with Gasteiger partial charge in [-0.2, -0.15) is 45.3 Å². The number of carbonyl (C=O) groups is 4. The molecule has 26 heteroatoms. The van der Waals surface area contributed by atoms with E-state index in [0.717, 1.165) is 89.8 Å². The third kappa shape index (κ3) is 21.4.